The van der Waals surface area contributed by atoms with Crippen LogP contribution in [0.25, 0.3) is 0 Å². The van der Waals surface area contributed by atoms with Gasteiger partial charge < -0.3 is 15.4 Å². The summed E-state index contributed by atoms with van der Waals surface area (Å²) in [5.74, 6) is -2.59. The highest BCUT2D eigenvalue weighted by molar-refractivity contribution is 8.04. The van der Waals surface area contributed by atoms with E-state index in [1.807, 2.05) is 6.07 Å². The number of halogens is 3. The molecule has 2 N–H and O–H groups in total. The average Bonchev–Trinajstić information content (AvgIpc) is 3.11. The van der Waals surface area contributed by atoms with Gasteiger partial charge in [-0.2, -0.15) is 14.0 Å². The van der Waals surface area contributed by atoms with Gasteiger partial charge >= 0.3 is 6.61 Å². The highest BCUT2D eigenvalue weighted by atomic mass is 32.2. The number of primary amides is 1. The van der Waals surface area contributed by atoms with E-state index in [9.17, 15) is 26.4 Å². The minimum Gasteiger partial charge on any atom is -0.432 e. The number of alkyl halides is 2. The minimum absolute atomic E-state index is 0.0826. The van der Waals surface area contributed by atoms with Crippen molar-refractivity contribution in [3.63, 3.8) is 0 Å². The molecule has 1 aliphatic rings. The Kier molecular flexibility index (Phi) is 7.32. The van der Waals surface area contributed by atoms with Crippen molar-refractivity contribution in [3.05, 3.63) is 70.0 Å². The van der Waals surface area contributed by atoms with Crippen molar-refractivity contribution in [1.82, 2.24) is 4.31 Å². The molecule has 0 spiro atoms. The van der Waals surface area contributed by atoms with Crippen LogP contribution in [0.5, 0.6) is 5.75 Å². The number of anilines is 1. The van der Waals surface area contributed by atoms with Gasteiger partial charge in [-0.15, -0.1) is 0 Å². The third-order valence-electron chi connectivity index (χ3n) is 4.79. The molecule has 1 atom stereocenters. The number of ether oxygens (including phenoxy) is 1. The monoisotopic (exact) mass is 512 g/mol. The lowest BCUT2D eigenvalue weighted by Gasteiger charge is -2.36. The maximum Gasteiger partial charge on any atom is 0.387 e. The van der Waals surface area contributed by atoms with E-state index in [4.69, 9.17) is 11.0 Å². The van der Waals surface area contributed by atoms with Crippen LogP contribution in [0.15, 0.2) is 53.1 Å². The lowest BCUT2D eigenvalue weighted by molar-refractivity contribution is -0.115. The van der Waals surface area contributed by atoms with E-state index in [1.165, 1.54) is 18.2 Å². The zero-order chi connectivity index (χ0) is 25.2. The molecule has 0 fully saturated rings. The van der Waals surface area contributed by atoms with Crippen LogP contribution in [0.2, 0.25) is 0 Å². The lowest BCUT2D eigenvalue weighted by atomic mass is 10.1. The third-order valence-corrected chi connectivity index (χ3v) is 7.24. The van der Waals surface area contributed by atoms with Crippen LogP contribution in [-0.2, 0) is 21.4 Å². The summed E-state index contributed by atoms with van der Waals surface area (Å²) in [4.78, 5) is 14.0. The van der Waals surface area contributed by atoms with Crippen molar-refractivity contribution in [2.24, 2.45) is 5.73 Å². The summed E-state index contributed by atoms with van der Waals surface area (Å²) in [6.45, 7) is -1.73. The number of nitrogens with zero attached hydrogens (tertiary/aromatic N) is 3. The summed E-state index contributed by atoms with van der Waals surface area (Å²) in [5.41, 5.74) is 5.37. The van der Waals surface area contributed by atoms with Crippen molar-refractivity contribution < 1.29 is 31.1 Å². The highest BCUT2D eigenvalue weighted by Crippen LogP contribution is 2.43. The summed E-state index contributed by atoms with van der Waals surface area (Å²) in [7, 11) is -3.98. The fourth-order valence-corrected chi connectivity index (χ4v) is 6.19. The molecule has 8 nitrogen and oxygen atoms in total. The Hall–Kier alpha value is -3.37. The van der Waals surface area contributed by atoms with Crippen molar-refractivity contribution in [2.45, 2.75) is 25.6 Å². The van der Waals surface area contributed by atoms with Crippen molar-refractivity contribution >= 4 is 33.4 Å². The molecule has 2 aromatic rings. The van der Waals surface area contributed by atoms with Gasteiger partial charge in [-0.3, -0.25) is 4.79 Å². The molecular weight excluding hydrogens is 493 g/mol. The first-order valence-electron chi connectivity index (χ1n) is 9.59. The topological polar surface area (TPSA) is 117 Å². The first-order chi connectivity index (χ1) is 15.9. The standard InChI is InChI=1S/C21H19F3N4O4S2/c1-12-18(19(26)29)28(34(2,30)31)21(33-12)27(15-6-3-13(10-25)4-7-15)11-14-5-8-17(16(22)9-14)32-20(23)24/h3-9,20-21H,11H2,1-2H3,(H2,26,29). The molecule has 2 aromatic carbocycles. The Morgan fingerprint density at radius 2 is 1.94 bits per heavy atom. The molecule has 0 saturated heterocycles. The van der Waals surface area contributed by atoms with Crippen molar-refractivity contribution in [3.8, 4) is 11.8 Å². The number of rotatable bonds is 8. The van der Waals surface area contributed by atoms with Crippen molar-refractivity contribution in [1.29, 1.82) is 5.26 Å². The first-order valence-corrected chi connectivity index (χ1v) is 12.3. The Morgan fingerprint density at radius 3 is 2.44 bits per heavy atom. The van der Waals surface area contributed by atoms with E-state index in [0.29, 0.717) is 21.7 Å². The van der Waals surface area contributed by atoms with Crippen LogP contribution >= 0.6 is 11.8 Å². The summed E-state index contributed by atoms with van der Waals surface area (Å²) in [6.07, 6.45) is 0.926. The van der Waals surface area contributed by atoms with Crippen LogP contribution in [0.3, 0.4) is 0 Å². The van der Waals surface area contributed by atoms with Gasteiger partial charge in [0.1, 0.15) is 5.70 Å². The number of allylic oxidation sites excluding steroid dienone is 1. The van der Waals surface area contributed by atoms with Crippen LogP contribution in [0, 0.1) is 17.1 Å². The number of hydrogen-bond donors (Lipinski definition) is 1. The zero-order valence-electron chi connectivity index (χ0n) is 17.9. The average molecular weight is 513 g/mol. The van der Waals surface area contributed by atoms with Gasteiger partial charge in [0, 0.05) is 17.1 Å². The SMILES string of the molecule is CC1=C(C(N)=O)N(S(C)(=O)=O)C(N(Cc2ccc(OC(F)F)c(F)c2)c2ccc(C#N)cc2)S1. The Morgan fingerprint density at radius 1 is 1.29 bits per heavy atom. The quantitative estimate of drug-likeness (QED) is 0.577. The fraction of sp³-hybridized carbons (Fsp3) is 0.238. The van der Waals surface area contributed by atoms with E-state index in [2.05, 4.69) is 4.74 Å². The molecule has 180 valence electrons. The molecule has 0 bridgehead atoms. The lowest BCUT2D eigenvalue weighted by Crippen LogP contribution is -2.47. The van der Waals surface area contributed by atoms with Gasteiger partial charge in [0.25, 0.3) is 5.91 Å². The predicted octanol–water partition coefficient (Wildman–Crippen LogP) is 3.31. The highest BCUT2D eigenvalue weighted by Gasteiger charge is 2.42. The van der Waals surface area contributed by atoms with E-state index in [-0.39, 0.29) is 12.2 Å². The van der Waals surface area contributed by atoms with E-state index < -0.39 is 39.6 Å². The molecule has 0 radical (unpaired) electrons. The number of benzene rings is 2. The number of thioether (sulfide) groups is 1. The number of sulfonamides is 1. The number of hydrogen-bond acceptors (Lipinski definition) is 7. The second-order valence-corrected chi connectivity index (χ2v) is 10.3. The van der Waals surface area contributed by atoms with Gasteiger partial charge in [0.2, 0.25) is 10.0 Å². The smallest absolute Gasteiger partial charge is 0.387 e. The molecule has 13 heteroatoms. The second kappa shape index (κ2) is 9.86. The maximum absolute atomic E-state index is 14.3. The van der Waals surface area contributed by atoms with Crippen LogP contribution < -0.4 is 15.4 Å². The Bertz CT molecular complexity index is 1280. The second-order valence-electron chi connectivity index (χ2n) is 7.20. The summed E-state index contributed by atoms with van der Waals surface area (Å²) >= 11 is 1.05. The first kappa shape index (κ1) is 25.3. The van der Waals surface area contributed by atoms with Crippen LogP contribution in [-0.4, -0.2) is 37.0 Å². The molecule has 1 unspecified atom stereocenters. The molecule has 3 rings (SSSR count). The fourth-order valence-electron chi connectivity index (χ4n) is 3.38. The van der Waals surface area contributed by atoms with Crippen LogP contribution in [0.1, 0.15) is 18.1 Å². The largest absolute Gasteiger partial charge is 0.432 e. The zero-order valence-corrected chi connectivity index (χ0v) is 19.5. The number of carbonyl (C=O) groups excluding carboxylic acids is 1. The third kappa shape index (κ3) is 5.40. The molecule has 0 aromatic heterocycles. The van der Waals surface area contributed by atoms with Gasteiger partial charge in [0.15, 0.2) is 17.1 Å². The minimum atomic E-state index is -3.98. The Labute approximate surface area is 198 Å². The van der Waals surface area contributed by atoms with Crippen LogP contribution in [0.4, 0.5) is 18.9 Å². The van der Waals surface area contributed by atoms with Gasteiger partial charge in [-0.1, -0.05) is 17.8 Å². The molecule has 34 heavy (non-hydrogen) atoms. The maximum atomic E-state index is 14.3. The molecule has 1 amide bonds. The number of nitrogens with two attached hydrogens (primary N) is 1. The normalized spacial score (nSPS) is 16.0. The predicted molar refractivity (Wildman–Crippen MR) is 120 cm³/mol. The molecule has 1 heterocycles. The summed E-state index contributed by atoms with van der Waals surface area (Å²) < 4.78 is 69.6. The molecular formula is C21H19F3N4O4S2. The summed E-state index contributed by atoms with van der Waals surface area (Å²) in [5, 5.41) is 9.09. The number of nitriles is 1. The summed E-state index contributed by atoms with van der Waals surface area (Å²) in [6, 6.07) is 11.6. The molecule has 0 aliphatic carbocycles. The van der Waals surface area contributed by atoms with Gasteiger partial charge in [-0.05, 0) is 48.9 Å². The van der Waals surface area contributed by atoms with E-state index >= 15 is 0 Å². The van der Waals surface area contributed by atoms with Crippen molar-refractivity contribution in [2.75, 3.05) is 11.2 Å². The van der Waals surface area contributed by atoms with E-state index in [1.54, 1.807) is 24.0 Å². The van der Waals surface area contributed by atoms with E-state index in [0.717, 1.165) is 34.5 Å². The number of carbonyl (C=O) groups is 1. The number of amides is 1. The molecule has 0 saturated carbocycles. The van der Waals surface area contributed by atoms with Gasteiger partial charge in [0.05, 0.1) is 17.9 Å². The molecule has 1 aliphatic heterocycles. The Balaban J connectivity index is 2.07. The van der Waals surface area contributed by atoms with Gasteiger partial charge in [-0.25, -0.2) is 17.1 Å².